The number of anilines is 1. The minimum absolute atomic E-state index is 0.208. The molecule has 0 saturated heterocycles. The van der Waals surface area contributed by atoms with Crippen LogP contribution in [0.4, 0.5) is 5.69 Å². The third kappa shape index (κ3) is 3.66. The van der Waals surface area contributed by atoms with Crippen molar-refractivity contribution in [3.63, 3.8) is 0 Å². The number of carbonyl (C=O) groups is 1. The fourth-order valence-electron chi connectivity index (χ4n) is 3.69. The van der Waals surface area contributed by atoms with Gasteiger partial charge < -0.3 is 9.73 Å². The van der Waals surface area contributed by atoms with Gasteiger partial charge in [0.15, 0.2) is 10.9 Å². The Morgan fingerprint density at radius 2 is 1.75 bits per heavy atom. The quantitative estimate of drug-likeness (QED) is 0.305. The Morgan fingerprint density at radius 1 is 0.969 bits per heavy atom. The largest absolute Gasteiger partial charge is 0.451 e. The van der Waals surface area contributed by atoms with E-state index in [2.05, 4.69) is 16.7 Å². The first kappa shape index (κ1) is 20.4. The summed E-state index contributed by atoms with van der Waals surface area (Å²) in [5.74, 6) is -0.119. The monoisotopic (exact) mass is 457 g/mol. The zero-order chi connectivity index (χ0) is 22.2. The van der Waals surface area contributed by atoms with Crippen molar-refractivity contribution in [1.29, 1.82) is 0 Å². The molecule has 0 aliphatic heterocycles. The van der Waals surface area contributed by atoms with Gasteiger partial charge in [0.2, 0.25) is 0 Å². The summed E-state index contributed by atoms with van der Waals surface area (Å²) < 4.78 is 6.88. The lowest BCUT2D eigenvalue weighted by molar-refractivity contribution is 0.0952. The van der Waals surface area contributed by atoms with E-state index in [4.69, 9.17) is 21.6 Å². The molecule has 2 aromatic heterocycles. The SMILES string of the molecule is Cc1c(NC(=S)NC(=O)c2oc3ccccc3c2C)cccc1-c1nc2ccccc2s1. The number of nitrogens with one attached hydrogen (secondary N) is 2. The number of thiazole rings is 1. The molecule has 0 radical (unpaired) electrons. The second-order valence-corrected chi connectivity index (χ2v) is 8.86. The molecule has 2 heterocycles. The van der Waals surface area contributed by atoms with Gasteiger partial charge in [-0.3, -0.25) is 10.1 Å². The lowest BCUT2D eigenvalue weighted by atomic mass is 10.1. The van der Waals surface area contributed by atoms with Gasteiger partial charge in [-0.1, -0.05) is 42.5 Å². The van der Waals surface area contributed by atoms with Gasteiger partial charge in [-0.2, -0.15) is 0 Å². The van der Waals surface area contributed by atoms with Crippen molar-refractivity contribution in [1.82, 2.24) is 10.3 Å². The van der Waals surface area contributed by atoms with Crippen LogP contribution in [-0.2, 0) is 0 Å². The van der Waals surface area contributed by atoms with Crippen LogP contribution in [0.1, 0.15) is 21.7 Å². The summed E-state index contributed by atoms with van der Waals surface area (Å²) in [7, 11) is 0. The zero-order valence-corrected chi connectivity index (χ0v) is 19.1. The number of carbonyl (C=O) groups excluding carboxylic acids is 1. The topological polar surface area (TPSA) is 67.2 Å². The Kier molecular flexibility index (Phi) is 5.20. The molecule has 3 aromatic carbocycles. The number of benzene rings is 3. The third-order valence-electron chi connectivity index (χ3n) is 5.38. The minimum atomic E-state index is -0.379. The summed E-state index contributed by atoms with van der Waals surface area (Å²) >= 11 is 7.06. The summed E-state index contributed by atoms with van der Waals surface area (Å²) in [6.45, 7) is 3.88. The Bertz CT molecular complexity index is 1470. The van der Waals surface area contributed by atoms with Crippen LogP contribution in [0.2, 0.25) is 0 Å². The smallest absolute Gasteiger partial charge is 0.293 e. The van der Waals surface area contributed by atoms with Gasteiger partial charge in [0.25, 0.3) is 5.91 Å². The first-order chi connectivity index (χ1) is 15.5. The molecule has 7 heteroatoms. The van der Waals surface area contributed by atoms with E-state index in [-0.39, 0.29) is 16.8 Å². The summed E-state index contributed by atoms with van der Waals surface area (Å²) in [4.78, 5) is 17.5. The van der Waals surface area contributed by atoms with E-state index in [0.717, 1.165) is 43.0 Å². The molecule has 0 bridgehead atoms. The van der Waals surface area contributed by atoms with E-state index in [9.17, 15) is 4.79 Å². The number of amides is 1. The lowest BCUT2D eigenvalue weighted by Crippen LogP contribution is -2.34. The number of rotatable bonds is 3. The number of hydrogen-bond donors (Lipinski definition) is 2. The lowest BCUT2D eigenvalue weighted by Gasteiger charge is -2.13. The predicted molar refractivity (Wildman–Crippen MR) is 134 cm³/mol. The van der Waals surface area contributed by atoms with Crippen LogP contribution < -0.4 is 10.6 Å². The summed E-state index contributed by atoms with van der Waals surface area (Å²) in [6.07, 6.45) is 0. The van der Waals surface area contributed by atoms with E-state index in [0.29, 0.717) is 5.58 Å². The molecule has 0 aliphatic carbocycles. The van der Waals surface area contributed by atoms with Crippen LogP contribution in [0.25, 0.3) is 31.8 Å². The highest BCUT2D eigenvalue weighted by Gasteiger charge is 2.19. The number of furan rings is 1. The average Bonchev–Trinajstić information content (AvgIpc) is 3.36. The first-order valence-electron chi connectivity index (χ1n) is 10.1. The summed E-state index contributed by atoms with van der Waals surface area (Å²) in [6, 6.07) is 21.6. The molecule has 32 heavy (non-hydrogen) atoms. The van der Waals surface area contributed by atoms with Crippen molar-refractivity contribution in [2.45, 2.75) is 13.8 Å². The van der Waals surface area contributed by atoms with Gasteiger partial charge in [-0.25, -0.2) is 4.98 Å². The maximum absolute atomic E-state index is 12.8. The highest BCUT2D eigenvalue weighted by Crippen LogP contribution is 2.34. The van der Waals surface area contributed by atoms with Crippen LogP contribution >= 0.6 is 23.6 Å². The molecule has 158 valence electrons. The molecule has 0 aliphatic rings. The Balaban J connectivity index is 1.37. The van der Waals surface area contributed by atoms with Crippen molar-refractivity contribution in [3.8, 4) is 10.6 Å². The van der Waals surface area contributed by atoms with Crippen LogP contribution in [0.3, 0.4) is 0 Å². The average molecular weight is 458 g/mol. The second kappa shape index (κ2) is 8.18. The number of thiocarbonyl (C=S) groups is 1. The fraction of sp³-hybridized carbons (Fsp3) is 0.0800. The number of aryl methyl sites for hydroxylation is 1. The molecule has 5 aromatic rings. The Labute approximate surface area is 194 Å². The maximum atomic E-state index is 12.8. The van der Waals surface area contributed by atoms with Gasteiger partial charge in [0, 0.05) is 22.2 Å². The van der Waals surface area contributed by atoms with Crippen molar-refractivity contribution in [2.24, 2.45) is 0 Å². The molecule has 2 N–H and O–H groups in total. The molecular formula is C25H19N3O2S2. The Hall–Kier alpha value is -3.55. The number of nitrogens with zero attached hydrogens (tertiary/aromatic N) is 1. The highest BCUT2D eigenvalue weighted by molar-refractivity contribution is 7.80. The van der Waals surface area contributed by atoms with E-state index < -0.39 is 0 Å². The molecule has 0 spiro atoms. The standard InChI is InChI=1S/C25H19N3O2S2/c1-14-17(24-26-19-10-4-6-13-21(19)32-24)9-7-11-18(14)27-25(31)28-23(29)22-15(2)16-8-3-5-12-20(16)30-22/h3-13H,1-2H3,(H2,27,28,29,31). The normalized spacial score (nSPS) is 11.1. The molecule has 0 atom stereocenters. The van der Waals surface area contributed by atoms with Gasteiger partial charge in [-0.15, -0.1) is 11.3 Å². The van der Waals surface area contributed by atoms with Crippen molar-refractivity contribution in [2.75, 3.05) is 5.32 Å². The number of aromatic nitrogens is 1. The van der Waals surface area contributed by atoms with Gasteiger partial charge in [0.05, 0.1) is 10.2 Å². The number of para-hydroxylation sites is 2. The molecule has 0 unspecified atom stereocenters. The third-order valence-corrected chi connectivity index (χ3v) is 6.66. The van der Waals surface area contributed by atoms with E-state index in [1.54, 1.807) is 11.3 Å². The van der Waals surface area contributed by atoms with Crippen LogP contribution in [0.5, 0.6) is 0 Å². The van der Waals surface area contributed by atoms with Gasteiger partial charge in [0.1, 0.15) is 10.6 Å². The zero-order valence-electron chi connectivity index (χ0n) is 17.4. The summed E-state index contributed by atoms with van der Waals surface area (Å²) in [5, 5.41) is 7.94. The first-order valence-corrected chi connectivity index (χ1v) is 11.3. The maximum Gasteiger partial charge on any atom is 0.293 e. The van der Waals surface area contributed by atoms with Crippen LogP contribution in [-0.4, -0.2) is 16.0 Å². The molecule has 0 saturated carbocycles. The van der Waals surface area contributed by atoms with E-state index >= 15 is 0 Å². The molecule has 5 rings (SSSR count). The van der Waals surface area contributed by atoms with Gasteiger partial charge >= 0.3 is 0 Å². The molecular weight excluding hydrogens is 438 g/mol. The van der Waals surface area contributed by atoms with Crippen molar-refractivity contribution in [3.05, 3.63) is 83.6 Å². The van der Waals surface area contributed by atoms with E-state index in [1.165, 1.54) is 0 Å². The minimum Gasteiger partial charge on any atom is -0.451 e. The van der Waals surface area contributed by atoms with E-state index in [1.807, 2.05) is 74.5 Å². The molecule has 1 amide bonds. The molecule has 0 fully saturated rings. The second-order valence-electron chi connectivity index (χ2n) is 7.43. The van der Waals surface area contributed by atoms with Crippen LogP contribution in [0, 0.1) is 13.8 Å². The molecule has 5 nitrogen and oxygen atoms in total. The summed E-state index contributed by atoms with van der Waals surface area (Å²) in [5.41, 5.74) is 5.28. The highest BCUT2D eigenvalue weighted by atomic mass is 32.1. The van der Waals surface area contributed by atoms with Crippen molar-refractivity contribution < 1.29 is 9.21 Å². The Morgan fingerprint density at radius 3 is 2.56 bits per heavy atom. The van der Waals surface area contributed by atoms with Crippen molar-refractivity contribution >= 4 is 61.4 Å². The predicted octanol–water partition coefficient (Wildman–Crippen LogP) is 6.45. The van der Waals surface area contributed by atoms with Gasteiger partial charge in [-0.05, 0) is 55.9 Å². The number of fused-ring (bicyclic) bond motifs is 2. The van der Waals surface area contributed by atoms with Crippen LogP contribution in [0.15, 0.2) is 71.1 Å². The number of hydrogen-bond acceptors (Lipinski definition) is 5. The fourth-order valence-corrected chi connectivity index (χ4v) is 4.95.